The Balaban J connectivity index is 2.42. The second-order valence-corrected chi connectivity index (χ2v) is 5.22. The molecule has 1 atom stereocenters. The van der Waals surface area contributed by atoms with Gasteiger partial charge in [-0.25, -0.2) is 4.79 Å². The minimum Gasteiger partial charge on any atom is -0.480 e. The van der Waals surface area contributed by atoms with E-state index in [1.807, 2.05) is 50.4 Å². The largest absolute Gasteiger partial charge is 0.480 e. The van der Waals surface area contributed by atoms with Crippen LogP contribution in [0.5, 0.6) is 0 Å². The Morgan fingerprint density at radius 1 is 1.38 bits per heavy atom. The number of benzene rings is 1. The molecule has 5 heteroatoms. The number of nitrogens with one attached hydrogen (secondary N) is 1. The Morgan fingerprint density at radius 2 is 2.10 bits per heavy atom. The molecule has 0 spiro atoms. The maximum Gasteiger partial charge on any atom is 0.330 e. The van der Waals surface area contributed by atoms with Crippen molar-refractivity contribution in [3.63, 3.8) is 0 Å². The molecule has 1 unspecified atom stereocenters. The summed E-state index contributed by atoms with van der Waals surface area (Å²) in [6.07, 6.45) is 4.45. The van der Waals surface area contributed by atoms with E-state index < -0.39 is 11.5 Å². The van der Waals surface area contributed by atoms with E-state index in [0.717, 1.165) is 17.5 Å². The van der Waals surface area contributed by atoms with Crippen LogP contribution in [0.2, 0.25) is 0 Å². The molecule has 21 heavy (non-hydrogen) atoms. The summed E-state index contributed by atoms with van der Waals surface area (Å²) in [6, 6.07) is 9.28. The Kier molecular flexibility index (Phi) is 4.75. The van der Waals surface area contributed by atoms with Gasteiger partial charge >= 0.3 is 5.97 Å². The smallest absolute Gasteiger partial charge is 0.330 e. The number of carboxylic acid groups (broad SMARTS) is 1. The molecule has 112 valence electrons. The molecule has 2 aromatic rings. The van der Waals surface area contributed by atoms with Crippen LogP contribution in [-0.4, -0.2) is 27.4 Å². The maximum atomic E-state index is 12.0. The lowest BCUT2D eigenvalue weighted by Gasteiger charge is -2.31. The minimum absolute atomic E-state index is 0.250. The first-order valence-electron chi connectivity index (χ1n) is 7.11. The number of rotatable bonds is 7. The normalized spacial score (nSPS) is 13.8. The average Bonchev–Trinajstić information content (AvgIpc) is 2.89. The number of carbonyl (C=O) groups is 1. The molecule has 0 aliphatic carbocycles. The summed E-state index contributed by atoms with van der Waals surface area (Å²) in [6.45, 7) is 4.83. The van der Waals surface area contributed by atoms with Crippen LogP contribution in [0.4, 0.5) is 0 Å². The first-order valence-corrected chi connectivity index (χ1v) is 7.11. The number of hydrogen-bond acceptors (Lipinski definition) is 3. The van der Waals surface area contributed by atoms with Crippen molar-refractivity contribution in [1.82, 2.24) is 15.1 Å². The Labute approximate surface area is 124 Å². The van der Waals surface area contributed by atoms with Crippen LogP contribution in [0, 0.1) is 6.92 Å². The highest BCUT2D eigenvalue weighted by Gasteiger charge is 2.40. The molecular weight excluding hydrogens is 266 g/mol. The van der Waals surface area contributed by atoms with E-state index in [-0.39, 0.29) is 6.54 Å². The van der Waals surface area contributed by atoms with Crippen LogP contribution in [0.1, 0.15) is 24.5 Å². The van der Waals surface area contributed by atoms with E-state index in [9.17, 15) is 9.90 Å². The topological polar surface area (TPSA) is 67.2 Å². The third-order valence-electron chi connectivity index (χ3n) is 3.47. The van der Waals surface area contributed by atoms with Crippen molar-refractivity contribution in [1.29, 1.82) is 0 Å². The molecule has 0 radical (unpaired) electrons. The fourth-order valence-electron chi connectivity index (χ4n) is 2.37. The second kappa shape index (κ2) is 6.54. The summed E-state index contributed by atoms with van der Waals surface area (Å²) in [5.41, 5.74) is 0.576. The summed E-state index contributed by atoms with van der Waals surface area (Å²) in [5, 5.41) is 17.3. The minimum atomic E-state index is -1.17. The van der Waals surface area contributed by atoms with Crippen LogP contribution in [-0.2, 0) is 16.9 Å². The van der Waals surface area contributed by atoms with Gasteiger partial charge in [-0.05, 0) is 31.0 Å². The van der Waals surface area contributed by atoms with Gasteiger partial charge in [0.2, 0.25) is 0 Å². The molecule has 0 fully saturated rings. The van der Waals surface area contributed by atoms with Crippen LogP contribution in [0.3, 0.4) is 0 Å². The number of nitrogens with zero attached hydrogens (tertiary/aromatic N) is 2. The van der Waals surface area contributed by atoms with Gasteiger partial charge in [0.05, 0.1) is 12.7 Å². The lowest BCUT2D eigenvalue weighted by Crippen LogP contribution is -2.52. The molecule has 1 aromatic carbocycles. The van der Waals surface area contributed by atoms with E-state index >= 15 is 0 Å². The third-order valence-corrected chi connectivity index (χ3v) is 3.47. The van der Waals surface area contributed by atoms with E-state index in [0.29, 0.717) is 6.54 Å². The zero-order valence-electron chi connectivity index (χ0n) is 12.4. The second-order valence-electron chi connectivity index (χ2n) is 5.22. The van der Waals surface area contributed by atoms with Crippen molar-refractivity contribution in [3.8, 4) is 0 Å². The standard InChI is InChI=1S/C16H21N3O2/c1-3-9-17-16(15(20)21,14-7-5-4-6-8-14)12-19-11-13(2)10-18-19/h4-8,10-11,17H,3,9,12H2,1-2H3,(H,20,21). The number of aryl methyl sites for hydroxylation is 1. The van der Waals surface area contributed by atoms with Gasteiger partial charge in [-0.2, -0.15) is 5.10 Å². The highest BCUT2D eigenvalue weighted by molar-refractivity contribution is 5.80. The van der Waals surface area contributed by atoms with Crippen molar-refractivity contribution in [3.05, 3.63) is 53.9 Å². The number of carboxylic acids is 1. The number of aliphatic carboxylic acids is 1. The van der Waals surface area contributed by atoms with Crippen molar-refractivity contribution in [2.45, 2.75) is 32.4 Å². The van der Waals surface area contributed by atoms with Crippen LogP contribution in [0.15, 0.2) is 42.7 Å². The SMILES string of the molecule is CCCNC(Cn1cc(C)cn1)(C(=O)O)c1ccccc1. The molecule has 0 saturated carbocycles. The average molecular weight is 287 g/mol. The lowest BCUT2D eigenvalue weighted by atomic mass is 9.89. The Morgan fingerprint density at radius 3 is 2.62 bits per heavy atom. The first kappa shape index (κ1) is 15.3. The van der Waals surface area contributed by atoms with E-state index in [1.54, 1.807) is 10.9 Å². The van der Waals surface area contributed by atoms with Gasteiger partial charge in [0, 0.05) is 6.20 Å². The zero-order valence-corrected chi connectivity index (χ0v) is 12.4. The van der Waals surface area contributed by atoms with Crippen molar-refractivity contribution in [2.24, 2.45) is 0 Å². The van der Waals surface area contributed by atoms with Crippen LogP contribution < -0.4 is 5.32 Å². The molecular formula is C16H21N3O2. The predicted octanol–water partition coefficient (Wildman–Crippen LogP) is 2.17. The van der Waals surface area contributed by atoms with Gasteiger partial charge in [0.15, 0.2) is 5.54 Å². The monoisotopic (exact) mass is 287 g/mol. The summed E-state index contributed by atoms with van der Waals surface area (Å²) in [7, 11) is 0. The molecule has 1 aromatic heterocycles. The molecule has 0 bridgehead atoms. The van der Waals surface area contributed by atoms with Gasteiger partial charge < -0.3 is 5.11 Å². The van der Waals surface area contributed by atoms with E-state index in [2.05, 4.69) is 10.4 Å². The highest BCUT2D eigenvalue weighted by atomic mass is 16.4. The van der Waals surface area contributed by atoms with Gasteiger partial charge in [0.25, 0.3) is 0 Å². The Hall–Kier alpha value is -2.14. The molecule has 5 nitrogen and oxygen atoms in total. The predicted molar refractivity (Wildman–Crippen MR) is 81.0 cm³/mol. The molecule has 0 saturated heterocycles. The molecule has 2 rings (SSSR count). The van der Waals surface area contributed by atoms with Gasteiger partial charge in [-0.15, -0.1) is 0 Å². The zero-order chi connectivity index (χ0) is 15.3. The molecule has 0 aliphatic rings. The van der Waals surface area contributed by atoms with Crippen molar-refractivity contribution < 1.29 is 9.90 Å². The maximum absolute atomic E-state index is 12.0. The molecule has 1 heterocycles. The van der Waals surface area contributed by atoms with Gasteiger partial charge in [-0.3, -0.25) is 10.00 Å². The van der Waals surface area contributed by atoms with Gasteiger partial charge in [0.1, 0.15) is 0 Å². The fraction of sp³-hybridized carbons (Fsp3) is 0.375. The molecule has 0 amide bonds. The Bertz CT molecular complexity index is 595. The quantitative estimate of drug-likeness (QED) is 0.819. The number of aromatic nitrogens is 2. The summed E-state index contributed by atoms with van der Waals surface area (Å²) < 4.78 is 1.68. The lowest BCUT2D eigenvalue weighted by molar-refractivity contribution is -0.146. The first-order chi connectivity index (χ1) is 10.1. The van der Waals surface area contributed by atoms with Crippen LogP contribution >= 0.6 is 0 Å². The van der Waals surface area contributed by atoms with E-state index in [4.69, 9.17) is 0 Å². The number of hydrogen-bond donors (Lipinski definition) is 2. The molecule has 2 N–H and O–H groups in total. The molecule has 0 aliphatic heterocycles. The summed E-state index contributed by atoms with van der Waals surface area (Å²) in [4.78, 5) is 12.0. The van der Waals surface area contributed by atoms with Crippen molar-refractivity contribution in [2.75, 3.05) is 6.54 Å². The van der Waals surface area contributed by atoms with Crippen molar-refractivity contribution >= 4 is 5.97 Å². The van der Waals surface area contributed by atoms with Gasteiger partial charge in [-0.1, -0.05) is 37.3 Å². The summed E-state index contributed by atoms with van der Waals surface area (Å²) in [5.74, 6) is -0.893. The highest BCUT2D eigenvalue weighted by Crippen LogP contribution is 2.24. The third kappa shape index (κ3) is 3.31. The fourth-order valence-corrected chi connectivity index (χ4v) is 2.37. The van der Waals surface area contributed by atoms with E-state index in [1.165, 1.54) is 0 Å². The van der Waals surface area contributed by atoms with Crippen LogP contribution in [0.25, 0.3) is 0 Å². The summed E-state index contributed by atoms with van der Waals surface area (Å²) >= 11 is 0.